The average molecular weight is 311 g/mol. The van der Waals surface area contributed by atoms with Gasteiger partial charge in [-0.05, 0) is 55.5 Å². The normalized spacial score (nSPS) is 14.2. The van der Waals surface area contributed by atoms with Crippen molar-refractivity contribution in [1.82, 2.24) is 4.90 Å². The van der Waals surface area contributed by atoms with Gasteiger partial charge in [0, 0.05) is 5.70 Å². The molecule has 1 aliphatic carbocycles. The Bertz CT molecular complexity index is 671. The predicted octanol–water partition coefficient (Wildman–Crippen LogP) is 4.39. The summed E-state index contributed by atoms with van der Waals surface area (Å²) >= 11 is 0. The zero-order valence-electron chi connectivity index (χ0n) is 13.3. The van der Waals surface area contributed by atoms with Gasteiger partial charge in [-0.3, -0.25) is 4.79 Å². The lowest BCUT2D eigenvalue weighted by Crippen LogP contribution is -2.30. The SMILES string of the molecule is COc1ccc(CN(C(=O)c2ccco2)C2=CCCCC2)cc1. The number of nitrogens with zero attached hydrogens (tertiary/aromatic N) is 1. The molecule has 0 saturated carbocycles. The Morgan fingerprint density at radius 2 is 2.04 bits per heavy atom. The van der Waals surface area contributed by atoms with Crippen LogP contribution in [0.3, 0.4) is 0 Å². The van der Waals surface area contributed by atoms with Gasteiger partial charge in [-0.1, -0.05) is 18.2 Å². The smallest absolute Gasteiger partial charge is 0.293 e. The van der Waals surface area contributed by atoms with Crippen molar-refractivity contribution in [3.05, 3.63) is 65.8 Å². The third-order valence-corrected chi connectivity index (χ3v) is 4.09. The highest BCUT2D eigenvalue weighted by Gasteiger charge is 2.23. The lowest BCUT2D eigenvalue weighted by molar-refractivity contribution is 0.0756. The van der Waals surface area contributed by atoms with E-state index < -0.39 is 0 Å². The van der Waals surface area contributed by atoms with Gasteiger partial charge in [0.15, 0.2) is 5.76 Å². The maximum Gasteiger partial charge on any atom is 0.293 e. The number of rotatable bonds is 5. The van der Waals surface area contributed by atoms with Crippen molar-refractivity contribution < 1.29 is 13.9 Å². The molecular formula is C19H21NO3. The highest BCUT2D eigenvalue weighted by molar-refractivity contribution is 5.92. The quantitative estimate of drug-likeness (QED) is 0.822. The number of benzene rings is 1. The molecule has 0 bridgehead atoms. The molecule has 1 aromatic heterocycles. The van der Waals surface area contributed by atoms with E-state index in [-0.39, 0.29) is 5.91 Å². The molecule has 0 radical (unpaired) electrons. The first-order valence-corrected chi connectivity index (χ1v) is 7.95. The lowest BCUT2D eigenvalue weighted by atomic mass is 10.0. The highest BCUT2D eigenvalue weighted by Crippen LogP contribution is 2.25. The average Bonchev–Trinajstić information content (AvgIpc) is 3.15. The van der Waals surface area contributed by atoms with Gasteiger partial charge in [0.2, 0.25) is 0 Å². The third kappa shape index (κ3) is 3.65. The van der Waals surface area contributed by atoms with Gasteiger partial charge in [-0.2, -0.15) is 0 Å². The number of ether oxygens (including phenoxy) is 1. The van der Waals surface area contributed by atoms with E-state index in [9.17, 15) is 4.79 Å². The molecule has 1 heterocycles. The van der Waals surface area contributed by atoms with Crippen LogP contribution in [0.5, 0.6) is 5.75 Å². The topological polar surface area (TPSA) is 42.7 Å². The first-order chi connectivity index (χ1) is 11.3. The summed E-state index contributed by atoms with van der Waals surface area (Å²) in [6.45, 7) is 0.537. The van der Waals surface area contributed by atoms with Crippen molar-refractivity contribution in [2.75, 3.05) is 7.11 Å². The van der Waals surface area contributed by atoms with Crippen LogP contribution in [0.2, 0.25) is 0 Å². The second-order valence-corrected chi connectivity index (χ2v) is 5.66. The minimum Gasteiger partial charge on any atom is -0.497 e. The molecule has 2 aromatic rings. The van der Waals surface area contributed by atoms with E-state index in [0.29, 0.717) is 12.3 Å². The van der Waals surface area contributed by atoms with Crippen LogP contribution in [0, 0.1) is 0 Å². The van der Waals surface area contributed by atoms with Crippen LogP contribution in [0.15, 0.2) is 58.9 Å². The van der Waals surface area contributed by atoms with Crippen LogP contribution < -0.4 is 4.74 Å². The first kappa shape index (κ1) is 15.4. The van der Waals surface area contributed by atoms with E-state index in [1.807, 2.05) is 29.2 Å². The van der Waals surface area contributed by atoms with E-state index >= 15 is 0 Å². The minimum atomic E-state index is -0.0843. The molecule has 4 heteroatoms. The largest absolute Gasteiger partial charge is 0.497 e. The van der Waals surface area contributed by atoms with Crippen LogP contribution in [-0.4, -0.2) is 17.9 Å². The number of furan rings is 1. The van der Waals surface area contributed by atoms with E-state index in [2.05, 4.69) is 6.08 Å². The molecule has 120 valence electrons. The van der Waals surface area contributed by atoms with Crippen LogP contribution in [0.1, 0.15) is 41.8 Å². The fraction of sp³-hybridized carbons (Fsp3) is 0.316. The van der Waals surface area contributed by atoms with E-state index in [1.165, 1.54) is 12.7 Å². The van der Waals surface area contributed by atoms with Crippen molar-refractivity contribution in [3.63, 3.8) is 0 Å². The maximum atomic E-state index is 12.8. The molecule has 0 fully saturated rings. The monoisotopic (exact) mass is 311 g/mol. The van der Waals surface area contributed by atoms with Crippen molar-refractivity contribution >= 4 is 5.91 Å². The molecule has 0 saturated heterocycles. The van der Waals surface area contributed by atoms with Crippen LogP contribution in [0.4, 0.5) is 0 Å². The number of allylic oxidation sites excluding steroid dienone is 2. The van der Waals surface area contributed by atoms with Crippen LogP contribution >= 0.6 is 0 Å². The molecule has 0 aliphatic heterocycles. The molecule has 1 aromatic carbocycles. The van der Waals surface area contributed by atoms with Gasteiger partial charge < -0.3 is 14.1 Å². The second-order valence-electron chi connectivity index (χ2n) is 5.66. The Hall–Kier alpha value is -2.49. The standard InChI is InChI=1S/C19H21NO3/c1-22-17-11-9-15(10-12-17)14-20(16-6-3-2-4-7-16)19(21)18-8-5-13-23-18/h5-6,8-13H,2-4,7,14H2,1H3. The van der Waals surface area contributed by atoms with Gasteiger partial charge in [-0.15, -0.1) is 0 Å². The summed E-state index contributed by atoms with van der Waals surface area (Å²) < 4.78 is 10.5. The zero-order chi connectivity index (χ0) is 16.1. The summed E-state index contributed by atoms with van der Waals surface area (Å²) in [5, 5.41) is 0. The van der Waals surface area contributed by atoms with E-state index in [4.69, 9.17) is 9.15 Å². The zero-order valence-corrected chi connectivity index (χ0v) is 13.3. The van der Waals surface area contributed by atoms with Gasteiger partial charge in [0.25, 0.3) is 5.91 Å². The number of carbonyl (C=O) groups is 1. The minimum absolute atomic E-state index is 0.0843. The summed E-state index contributed by atoms with van der Waals surface area (Å²) in [5.74, 6) is 1.11. The number of hydrogen-bond acceptors (Lipinski definition) is 3. The Morgan fingerprint density at radius 1 is 1.22 bits per heavy atom. The summed E-state index contributed by atoms with van der Waals surface area (Å²) in [7, 11) is 1.65. The number of methoxy groups -OCH3 is 1. The number of carbonyl (C=O) groups excluding carboxylic acids is 1. The van der Waals surface area contributed by atoms with E-state index in [1.54, 1.807) is 19.2 Å². The van der Waals surface area contributed by atoms with Gasteiger partial charge in [-0.25, -0.2) is 0 Å². The second kappa shape index (κ2) is 7.18. The molecule has 1 aliphatic rings. The molecule has 4 nitrogen and oxygen atoms in total. The molecule has 0 atom stereocenters. The first-order valence-electron chi connectivity index (χ1n) is 7.95. The van der Waals surface area contributed by atoms with Crippen LogP contribution in [-0.2, 0) is 6.54 Å². The fourth-order valence-corrected chi connectivity index (χ4v) is 2.82. The molecule has 3 rings (SSSR count). The highest BCUT2D eigenvalue weighted by atomic mass is 16.5. The Kier molecular flexibility index (Phi) is 4.81. The molecule has 0 unspecified atom stereocenters. The molecule has 23 heavy (non-hydrogen) atoms. The third-order valence-electron chi connectivity index (χ3n) is 4.09. The van der Waals surface area contributed by atoms with Gasteiger partial charge in [0.1, 0.15) is 5.75 Å². The Labute approximate surface area is 136 Å². The lowest BCUT2D eigenvalue weighted by Gasteiger charge is -2.27. The van der Waals surface area contributed by atoms with Gasteiger partial charge >= 0.3 is 0 Å². The van der Waals surface area contributed by atoms with Crippen molar-refractivity contribution in [2.24, 2.45) is 0 Å². The van der Waals surface area contributed by atoms with Gasteiger partial charge in [0.05, 0.1) is 19.9 Å². The number of amides is 1. The molecule has 1 amide bonds. The summed E-state index contributed by atoms with van der Waals surface area (Å²) in [6, 6.07) is 11.3. The summed E-state index contributed by atoms with van der Waals surface area (Å²) in [4.78, 5) is 14.6. The molecule has 0 N–H and O–H groups in total. The van der Waals surface area contributed by atoms with Crippen molar-refractivity contribution in [3.8, 4) is 5.75 Å². The Morgan fingerprint density at radius 3 is 2.65 bits per heavy atom. The summed E-state index contributed by atoms with van der Waals surface area (Å²) in [6.07, 6.45) is 7.98. The molecular weight excluding hydrogens is 290 g/mol. The van der Waals surface area contributed by atoms with E-state index in [0.717, 1.165) is 36.3 Å². The molecule has 0 spiro atoms. The summed E-state index contributed by atoms with van der Waals surface area (Å²) in [5.41, 5.74) is 2.16. The Balaban J connectivity index is 1.84. The maximum absolute atomic E-state index is 12.8. The number of hydrogen-bond donors (Lipinski definition) is 0. The van der Waals surface area contributed by atoms with Crippen LogP contribution in [0.25, 0.3) is 0 Å². The van der Waals surface area contributed by atoms with Crippen molar-refractivity contribution in [1.29, 1.82) is 0 Å². The van der Waals surface area contributed by atoms with Crippen molar-refractivity contribution in [2.45, 2.75) is 32.2 Å². The predicted molar refractivity (Wildman–Crippen MR) is 88.1 cm³/mol. The fourth-order valence-electron chi connectivity index (χ4n) is 2.82.